The van der Waals surface area contributed by atoms with Crippen LogP contribution in [0.5, 0.6) is 5.75 Å². The van der Waals surface area contributed by atoms with Gasteiger partial charge < -0.3 is 15.1 Å². The third-order valence-electron chi connectivity index (χ3n) is 1.99. The lowest BCUT2D eigenvalue weighted by atomic mass is 10.2. The van der Waals surface area contributed by atoms with E-state index < -0.39 is 11.7 Å². The molecule has 0 aliphatic heterocycles. The molecule has 1 aromatic carbocycles. The lowest BCUT2D eigenvalue weighted by Crippen LogP contribution is -2.27. The van der Waals surface area contributed by atoms with Crippen molar-refractivity contribution in [1.29, 1.82) is 0 Å². The first-order valence-corrected chi connectivity index (χ1v) is 5.50. The third-order valence-corrected chi connectivity index (χ3v) is 1.99. The molecular formula is C12H18N2O4. The first kappa shape index (κ1) is 14.3. The number of hydrogen-bond acceptors (Lipinski definition) is 5. The lowest BCUT2D eigenvalue weighted by molar-refractivity contribution is 0.0636. The van der Waals surface area contributed by atoms with Crippen LogP contribution in [0.25, 0.3) is 0 Å². The molecule has 100 valence electrons. The molecule has 0 unspecified atom stereocenters. The van der Waals surface area contributed by atoms with Gasteiger partial charge in [0.25, 0.3) is 0 Å². The number of hydroxylamine groups is 1. The number of carbonyl (C=O) groups excluding carboxylic acids is 1. The van der Waals surface area contributed by atoms with E-state index in [1.807, 2.05) is 5.48 Å². The van der Waals surface area contributed by atoms with Gasteiger partial charge in [0.05, 0.1) is 0 Å². The molecule has 1 aromatic rings. The Labute approximate surface area is 106 Å². The Morgan fingerprint density at radius 1 is 1.39 bits per heavy atom. The highest BCUT2D eigenvalue weighted by Crippen LogP contribution is 2.21. The third kappa shape index (κ3) is 4.60. The molecule has 0 aromatic heterocycles. The second-order valence-electron chi connectivity index (χ2n) is 4.81. The van der Waals surface area contributed by atoms with Gasteiger partial charge in [-0.2, -0.15) is 0 Å². The number of carbonyl (C=O) groups is 1. The predicted molar refractivity (Wildman–Crippen MR) is 66.6 cm³/mol. The average molecular weight is 254 g/mol. The molecule has 1 rings (SSSR count). The normalized spacial score (nSPS) is 11.1. The number of nitrogens with one attached hydrogen (secondary N) is 2. The van der Waals surface area contributed by atoms with Crippen molar-refractivity contribution in [3.8, 4) is 5.75 Å². The number of phenolic OH excluding ortho intramolecular Hbond substituents is 1. The molecule has 0 radical (unpaired) electrons. The molecule has 0 saturated heterocycles. The lowest BCUT2D eigenvalue weighted by Gasteiger charge is -2.19. The fourth-order valence-corrected chi connectivity index (χ4v) is 1.31. The van der Waals surface area contributed by atoms with Crippen molar-refractivity contribution in [2.24, 2.45) is 0 Å². The van der Waals surface area contributed by atoms with Crippen molar-refractivity contribution < 1.29 is 19.8 Å². The molecule has 6 heteroatoms. The zero-order valence-electron chi connectivity index (χ0n) is 10.7. The number of anilines is 1. The minimum absolute atomic E-state index is 0.0336. The van der Waals surface area contributed by atoms with E-state index in [0.717, 1.165) is 0 Å². The monoisotopic (exact) mass is 254 g/mol. The van der Waals surface area contributed by atoms with Crippen molar-refractivity contribution in [2.45, 2.75) is 32.9 Å². The van der Waals surface area contributed by atoms with Crippen molar-refractivity contribution >= 4 is 11.8 Å². The average Bonchev–Trinajstić information content (AvgIpc) is 2.20. The molecule has 0 heterocycles. The van der Waals surface area contributed by atoms with Crippen LogP contribution in [0.3, 0.4) is 0 Å². The number of aromatic hydroxyl groups is 1. The minimum Gasteiger partial charge on any atom is -0.508 e. The van der Waals surface area contributed by atoms with E-state index in [1.165, 1.54) is 6.07 Å². The van der Waals surface area contributed by atoms with E-state index in [1.54, 1.807) is 32.9 Å². The van der Waals surface area contributed by atoms with E-state index >= 15 is 0 Å². The van der Waals surface area contributed by atoms with Gasteiger partial charge in [0.1, 0.15) is 11.4 Å². The van der Waals surface area contributed by atoms with E-state index in [4.69, 9.17) is 9.94 Å². The summed E-state index contributed by atoms with van der Waals surface area (Å²) in [7, 11) is 0. The van der Waals surface area contributed by atoms with Crippen LogP contribution in [-0.4, -0.2) is 22.0 Å². The standard InChI is InChI=1S/C12H18N2O4/c1-12(2,3)18-11(16)14-9-4-5-10(15)8(6-9)7-13-17/h4-6,13,15,17H,7H2,1-3H3,(H,14,16). The quantitative estimate of drug-likeness (QED) is 0.490. The summed E-state index contributed by atoms with van der Waals surface area (Å²) in [6.45, 7) is 5.38. The SMILES string of the molecule is CC(C)(C)OC(=O)Nc1ccc(O)c(CNO)c1. The van der Waals surface area contributed by atoms with E-state index in [2.05, 4.69) is 5.32 Å². The molecule has 18 heavy (non-hydrogen) atoms. The van der Waals surface area contributed by atoms with Gasteiger partial charge in [0.15, 0.2) is 0 Å². The summed E-state index contributed by atoms with van der Waals surface area (Å²) in [4.78, 5) is 11.5. The van der Waals surface area contributed by atoms with Crippen LogP contribution < -0.4 is 10.8 Å². The van der Waals surface area contributed by atoms with Gasteiger partial charge in [0, 0.05) is 17.8 Å². The number of hydrogen-bond donors (Lipinski definition) is 4. The summed E-state index contributed by atoms with van der Waals surface area (Å²) in [5.41, 5.74) is 2.31. The summed E-state index contributed by atoms with van der Waals surface area (Å²) in [5.74, 6) is 0.0336. The second-order valence-corrected chi connectivity index (χ2v) is 4.81. The predicted octanol–water partition coefficient (Wildman–Crippen LogP) is 2.22. The Kier molecular flexibility index (Phi) is 4.52. The van der Waals surface area contributed by atoms with E-state index in [-0.39, 0.29) is 12.3 Å². The highest BCUT2D eigenvalue weighted by atomic mass is 16.6. The zero-order chi connectivity index (χ0) is 13.8. The van der Waals surface area contributed by atoms with Crippen LogP contribution in [0.15, 0.2) is 18.2 Å². The van der Waals surface area contributed by atoms with Crippen LogP contribution in [0.2, 0.25) is 0 Å². The molecule has 0 spiro atoms. The smallest absolute Gasteiger partial charge is 0.412 e. The summed E-state index contributed by atoms with van der Waals surface area (Å²) in [5, 5.41) is 20.6. The van der Waals surface area contributed by atoms with Crippen molar-refractivity contribution in [3.63, 3.8) is 0 Å². The summed E-state index contributed by atoms with van der Waals surface area (Å²) < 4.78 is 5.09. The molecule has 0 bridgehead atoms. The Morgan fingerprint density at radius 2 is 2.06 bits per heavy atom. The Balaban J connectivity index is 2.73. The minimum atomic E-state index is -0.573. The summed E-state index contributed by atoms with van der Waals surface area (Å²) in [6.07, 6.45) is -0.573. The van der Waals surface area contributed by atoms with Crippen LogP contribution in [0.4, 0.5) is 10.5 Å². The largest absolute Gasteiger partial charge is 0.508 e. The number of benzene rings is 1. The van der Waals surface area contributed by atoms with Crippen molar-refractivity contribution in [1.82, 2.24) is 5.48 Å². The number of phenols is 1. The summed E-state index contributed by atoms with van der Waals surface area (Å²) >= 11 is 0. The van der Waals surface area contributed by atoms with E-state index in [9.17, 15) is 9.90 Å². The highest BCUT2D eigenvalue weighted by Gasteiger charge is 2.16. The molecular weight excluding hydrogens is 236 g/mol. The van der Waals surface area contributed by atoms with Gasteiger partial charge in [-0.05, 0) is 39.0 Å². The maximum atomic E-state index is 11.5. The van der Waals surface area contributed by atoms with Crippen LogP contribution in [0, 0.1) is 0 Å². The molecule has 0 atom stereocenters. The van der Waals surface area contributed by atoms with Crippen LogP contribution >= 0.6 is 0 Å². The Hall–Kier alpha value is -1.79. The van der Waals surface area contributed by atoms with Gasteiger partial charge in [-0.25, -0.2) is 10.3 Å². The number of ether oxygens (including phenoxy) is 1. The highest BCUT2D eigenvalue weighted by molar-refractivity contribution is 5.85. The Bertz CT molecular complexity index is 427. The maximum absolute atomic E-state index is 11.5. The second kappa shape index (κ2) is 5.70. The number of rotatable bonds is 3. The van der Waals surface area contributed by atoms with Crippen LogP contribution in [0.1, 0.15) is 26.3 Å². The maximum Gasteiger partial charge on any atom is 0.412 e. The van der Waals surface area contributed by atoms with Crippen LogP contribution in [-0.2, 0) is 11.3 Å². The molecule has 0 aliphatic carbocycles. The fraction of sp³-hybridized carbons (Fsp3) is 0.417. The topological polar surface area (TPSA) is 90.8 Å². The molecule has 6 nitrogen and oxygen atoms in total. The molecule has 0 saturated carbocycles. The first-order valence-electron chi connectivity index (χ1n) is 5.50. The summed E-state index contributed by atoms with van der Waals surface area (Å²) in [6, 6.07) is 4.52. The molecule has 0 aliphatic rings. The van der Waals surface area contributed by atoms with Gasteiger partial charge in [-0.15, -0.1) is 0 Å². The van der Waals surface area contributed by atoms with E-state index in [0.29, 0.717) is 11.3 Å². The number of amides is 1. The molecule has 0 fully saturated rings. The fourth-order valence-electron chi connectivity index (χ4n) is 1.31. The van der Waals surface area contributed by atoms with Gasteiger partial charge in [-0.1, -0.05) is 0 Å². The Morgan fingerprint density at radius 3 is 2.61 bits per heavy atom. The van der Waals surface area contributed by atoms with Gasteiger partial charge in [-0.3, -0.25) is 5.32 Å². The first-order chi connectivity index (χ1) is 8.31. The van der Waals surface area contributed by atoms with Gasteiger partial charge >= 0.3 is 6.09 Å². The molecule has 1 amide bonds. The van der Waals surface area contributed by atoms with Crippen molar-refractivity contribution in [2.75, 3.05) is 5.32 Å². The van der Waals surface area contributed by atoms with Crippen molar-refractivity contribution in [3.05, 3.63) is 23.8 Å². The molecule has 4 N–H and O–H groups in total. The van der Waals surface area contributed by atoms with Gasteiger partial charge in [0.2, 0.25) is 0 Å². The zero-order valence-corrected chi connectivity index (χ0v) is 10.7.